The lowest BCUT2D eigenvalue weighted by Crippen LogP contribution is -2.34. The van der Waals surface area contributed by atoms with Crippen LogP contribution in [-0.2, 0) is 6.54 Å². The first kappa shape index (κ1) is 14.6. The highest BCUT2D eigenvalue weighted by atomic mass is 79.9. The second-order valence-electron chi connectivity index (χ2n) is 5.72. The molecule has 0 aliphatic carbocycles. The maximum atomic E-state index is 6.13. The molecular weight excluding hydrogens is 328 g/mol. The summed E-state index contributed by atoms with van der Waals surface area (Å²) < 4.78 is 2.94. The zero-order chi connectivity index (χ0) is 14.8. The molecule has 2 aromatic rings. The Hall–Kier alpha value is -1.33. The Labute approximate surface area is 134 Å². The molecule has 0 unspecified atom stereocenters. The lowest BCUT2D eigenvalue weighted by Gasteiger charge is -2.32. The summed E-state index contributed by atoms with van der Waals surface area (Å²) in [5.41, 5.74) is 8.49. The third-order valence-corrected chi connectivity index (χ3v) is 5.18. The van der Waals surface area contributed by atoms with Crippen LogP contribution in [0.2, 0.25) is 0 Å². The molecular formula is C16H21BrN4. The van der Waals surface area contributed by atoms with Crippen LogP contribution in [0.4, 0.5) is 5.82 Å². The van der Waals surface area contributed by atoms with Crippen molar-refractivity contribution in [2.45, 2.75) is 32.4 Å². The highest BCUT2D eigenvalue weighted by Gasteiger charge is 2.24. The number of benzene rings is 1. The van der Waals surface area contributed by atoms with Crippen LogP contribution in [0.1, 0.15) is 30.1 Å². The lowest BCUT2D eigenvalue weighted by molar-refractivity contribution is 0.174. The quantitative estimate of drug-likeness (QED) is 0.924. The molecule has 1 fully saturated rings. The Balaban J connectivity index is 1.61. The second kappa shape index (κ2) is 6.20. The molecule has 1 saturated heterocycles. The van der Waals surface area contributed by atoms with E-state index in [0.717, 1.165) is 48.5 Å². The molecule has 112 valence electrons. The van der Waals surface area contributed by atoms with Crippen molar-refractivity contribution in [3.8, 4) is 0 Å². The summed E-state index contributed by atoms with van der Waals surface area (Å²) in [7, 11) is 0. The van der Waals surface area contributed by atoms with Gasteiger partial charge in [0.2, 0.25) is 0 Å². The van der Waals surface area contributed by atoms with Crippen LogP contribution < -0.4 is 5.73 Å². The molecule has 0 spiro atoms. The largest absolute Gasteiger partial charge is 0.383 e. The van der Waals surface area contributed by atoms with Crippen LogP contribution in [0.25, 0.3) is 0 Å². The Morgan fingerprint density at radius 3 is 2.48 bits per heavy atom. The van der Waals surface area contributed by atoms with Crippen molar-refractivity contribution in [1.82, 2.24) is 14.7 Å². The predicted octanol–water partition coefficient (Wildman–Crippen LogP) is 3.37. The van der Waals surface area contributed by atoms with Crippen LogP contribution in [0.15, 0.2) is 34.8 Å². The van der Waals surface area contributed by atoms with Gasteiger partial charge in [0.15, 0.2) is 0 Å². The number of aryl methyl sites for hydroxylation is 1. The molecule has 3 rings (SSSR count). The van der Waals surface area contributed by atoms with Gasteiger partial charge in [0.05, 0.1) is 16.2 Å². The third-order valence-electron chi connectivity index (χ3n) is 4.20. The normalized spacial score (nSPS) is 17.2. The average Bonchev–Trinajstić information content (AvgIpc) is 2.77. The minimum atomic E-state index is 0.419. The molecule has 1 aliphatic rings. The number of nitrogens with two attached hydrogens (primary N) is 1. The number of halogens is 1. The summed E-state index contributed by atoms with van der Waals surface area (Å²) in [5, 5.41) is 4.57. The van der Waals surface area contributed by atoms with Gasteiger partial charge in [0, 0.05) is 19.6 Å². The fourth-order valence-electron chi connectivity index (χ4n) is 2.99. The van der Waals surface area contributed by atoms with Crippen molar-refractivity contribution in [2.75, 3.05) is 18.8 Å². The minimum Gasteiger partial charge on any atom is -0.383 e. The summed E-state index contributed by atoms with van der Waals surface area (Å²) in [6, 6.07) is 11.1. The van der Waals surface area contributed by atoms with Gasteiger partial charge in [0.25, 0.3) is 0 Å². The number of rotatable bonds is 3. The van der Waals surface area contributed by atoms with Crippen molar-refractivity contribution in [1.29, 1.82) is 0 Å². The Morgan fingerprint density at radius 2 is 1.90 bits per heavy atom. The van der Waals surface area contributed by atoms with E-state index in [1.165, 1.54) is 5.56 Å². The summed E-state index contributed by atoms with van der Waals surface area (Å²) in [5.74, 6) is 0.758. The number of nitrogens with zero attached hydrogens (tertiary/aromatic N) is 3. The third kappa shape index (κ3) is 3.14. The summed E-state index contributed by atoms with van der Waals surface area (Å²) in [6.45, 7) is 5.21. The fourth-order valence-corrected chi connectivity index (χ4v) is 3.25. The lowest BCUT2D eigenvalue weighted by atomic mass is 10.0. The monoisotopic (exact) mass is 348 g/mol. The first-order valence-electron chi connectivity index (χ1n) is 7.41. The summed E-state index contributed by atoms with van der Waals surface area (Å²) in [4.78, 5) is 2.51. The predicted molar refractivity (Wildman–Crippen MR) is 89.1 cm³/mol. The maximum Gasteiger partial charge on any atom is 0.136 e. The van der Waals surface area contributed by atoms with Gasteiger partial charge < -0.3 is 5.73 Å². The van der Waals surface area contributed by atoms with E-state index in [-0.39, 0.29) is 0 Å². The van der Waals surface area contributed by atoms with E-state index in [2.05, 4.69) is 56.3 Å². The Morgan fingerprint density at radius 1 is 1.24 bits per heavy atom. The van der Waals surface area contributed by atoms with Crippen LogP contribution in [0.3, 0.4) is 0 Å². The molecule has 0 atom stereocenters. The standard InChI is InChI=1S/C16H21BrN4/c1-12-15(17)16(18)21(19-12)14-7-9-20(10-8-14)11-13-5-3-2-4-6-13/h2-6,14H,7-11,18H2,1H3. The van der Waals surface area contributed by atoms with Crippen LogP contribution >= 0.6 is 15.9 Å². The van der Waals surface area contributed by atoms with Crippen LogP contribution in [0, 0.1) is 6.92 Å². The van der Waals surface area contributed by atoms with Gasteiger partial charge in [-0.15, -0.1) is 0 Å². The maximum absolute atomic E-state index is 6.13. The molecule has 1 aromatic carbocycles. The van der Waals surface area contributed by atoms with E-state index in [9.17, 15) is 0 Å². The van der Waals surface area contributed by atoms with Gasteiger partial charge in [-0.1, -0.05) is 30.3 Å². The molecule has 2 N–H and O–H groups in total. The highest BCUT2D eigenvalue weighted by Crippen LogP contribution is 2.30. The van der Waals surface area contributed by atoms with Crippen molar-refractivity contribution < 1.29 is 0 Å². The van der Waals surface area contributed by atoms with Crippen molar-refractivity contribution in [2.24, 2.45) is 0 Å². The minimum absolute atomic E-state index is 0.419. The van der Waals surface area contributed by atoms with Crippen molar-refractivity contribution in [3.63, 3.8) is 0 Å². The summed E-state index contributed by atoms with van der Waals surface area (Å²) >= 11 is 3.50. The van der Waals surface area contributed by atoms with Gasteiger partial charge in [-0.3, -0.25) is 4.90 Å². The fraction of sp³-hybridized carbons (Fsp3) is 0.438. The molecule has 0 radical (unpaired) electrons. The van der Waals surface area contributed by atoms with Crippen molar-refractivity contribution in [3.05, 3.63) is 46.1 Å². The number of hydrogen-bond acceptors (Lipinski definition) is 3. The van der Waals surface area contributed by atoms with E-state index in [0.29, 0.717) is 6.04 Å². The van der Waals surface area contributed by atoms with E-state index in [1.807, 2.05) is 11.6 Å². The SMILES string of the molecule is Cc1nn(C2CCN(Cc3ccccc3)CC2)c(N)c1Br. The van der Waals surface area contributed by atoms with Gasteiger partial charge >= 0.3 is 0 Å². The van der Waals surface area contributed by atoms with Crippen LogP contribution in [0.5, 0.6) is 0 Å². The molecule has 0 bridgehead atoms. The number of aromatic nitrogens is 2. The topological polar surface area (TPSA) is 47.1 Å². The Kier molecular flexibility index (Phi) is 4.31. The first-order valence-corrected chi connectivity index (χ1v) is 8.21. The van der Waals surface area contributed by atoms with Crippen LogP contribution in [-0.4, -0.2) is 27.8 Å². The molecule has 5 heteroatoms. The molecule has 1 aliphatic heterocycles. The molecule has 21 heavy (non-hydrogen) atoms. The molecule has 0 amide bonds. The number of likely N-dealkylation sites (tertiary alicyclic amines) is 1. The van der Waals surface area contributed by atoms with Gasteiger partial charge in [-0.05, 0) is 41.3 Å². The van der Waals surface area contributed by atoms with Gasteiger partial charge in [0.1, 0.15) is 5.82 Å². The molecule has 2 heterocycles. The van der Waals surface area contributed by atoms with E-state index < -0.39 is 0 Å². The number of hydrogen-bond donors (Lipinski definition) is 1. The average molecular weight is 349 g/mol. The van der Waals surface area contributed by atoms with Crippen molar-refractivity contribution >= 4 is 21.7 Å². The Bertz CT molecular complexity index is 600. The van der Waals surface area contributed by atoms with E-state index in [1.54, 1.807) is 0 Å². The molecule has 1 aromatic heterocycles. The molecule has 4 nitrogen and oxygen atoms in total. The van der Waals surface area contributed by atoms with Gasteiger partial charge in [-0.25, -0.2) is 4.68 Å². The second-order valence-corrected chi connectivity index (χ2v) is 6.52. The number of nitrogen functional groups attached to an aromatic ring is 1. The zero-order valence-corrected chi connectivity index (χ0v) is 13.9. The summed E-state index contributed by atoms with van der Waals surface area (Å²) in [6.07, 6.45) is 2.20. The van der Waals surface area contributed by atoms with E-state index >= 15 is 0 Å². The first-order chi connectivity index (χ1) is 10.1. The number of anilines is 1. The number of piperidine rings is 1. The van der Waals surface area contributed by atoms with E-state index in [4.69, 9.17) is 5.73 Å². The zero-order valence-electron chi connectivity index (χ0n) is 12.3. The smallest absolute Gasteiger partial charge is 0.136 e. The highest BCUT2D eigenvalue weighted by molar-refractivity contribution is 9.10. The van der Waals surface area contributed by atoms with Gasteiger partial charge in [-0.2, -0.15) is 5.10 Å². The molecule has 0 saturated carbocycles.